The van der Waals surface area contributed by atoms with Gasteiger partial charge in [0, 0.05) is 80.0 Å². The van der Waals surface area contributed by atoms with Crippen molar-refractivity contribution in [2.24, 2.45) is 33.6 Å². The molecule has 2 fully saturated rings. The third-order valence-electron chi connectivity index (χ3n) is 14.8. The van der Waals surface area contributed by atoms with Crippen LogP contribution in [0.25, 0.3) is 21.7 Å². The summed E-state index contributed by atoms with van der Waals surface area (Å²) in [5, 5.41) is 91.3. The topological polar surface area (TPSA) is 347 Å². The molecule has 1 saturated heterocycles. The zero-order chi connectivity index (χ0) is 56.1. The molecule has 5 bridgehead atoms. The van der Waals surface area contributed by atoms with Crippen molar-refractivity contribution in [2.45, 2.75) is 103 Å². The normalized spacial score (nSPS) is 28.2. The first-order valence-electron chi connectivity index (χ1n) is 24.9. The number of hydrogen-bond acceptors (Lipinski definition) is 20. The Kier molecular flexibility index (Phi) is 15.6. The van der Waals surface area contributed by atoms with Gasteiger partial charge in [0.25, 0.3) is 11.7 Å². The second-order valence-corrected chi connectivity index (χ2v) is 20.0. The number of nitrogens with one attached hydrogen (secondary N) is 1. The molecule has 1 aliphatic carbocycles. The van der Waals surface area contributed by atoms with E-state index >= 15 is 4.39 Å². The summed E-state index contributed by atoms with van der Waals surface area (Å²) in [6.07, 6.45) is 5.66. The number of aromatic carboxylic acids is 1. The second-order valence-electron chi connectivity index (χ2n) is 20.0. The van der Waals surface area contributed by atoms with Crippen molar-refractivity contribution >= 4 is 62.8 Å². The Balaban J connectivity index is 1.20. The van der Waals surface area contributed by atoms with E-state index in [1.165, 1.54) is 64.6 Å². The van der Waals surface area contributed by atoms with Gasteiger partial charge in [-0.25, -0.2) is 9.18 Å². The summed E-state index contributed by atoms with van der Waals surface area (Å²) in [7, 11) is 1.35. The minimum atomic E-state index is -2.03. The maximum Gasteiger partial charge on any atom is 0.341 e. The third kappa shape index (κ3) is 10.3. The SMILES string of the molecule is CO[C@H]1C=CO[C@@]2(C)Oc3c(C)c(O)c4c(O)c(c(/C=N/N5CCN(c6cc7c(cc6F)c(=O)c(C(=O)O)cn7C6CC6)CC5)c(O)c4c3/C2=N/O)NC(=O)/C(C)=C\C=C\[C@H](C)[C@H](O)[C@@H](N)[C@@H](O)[C@@H](N)[C@H](OC(C)=O)[C@@H]1C. The smallest absolute Gasteiger partial charge is 0.341 e. The number of esters is 1. The summed E-state index contributed by atoms with van der Waals surface area (Å²) in [5.41, 5.74) is 11.1. The summed E-state index contributed by atoms with van der Waals surface area (Å²) in [6.45, 7) is 9.36. The Hall–Kier alpha value is -7.77. The number of oxime groups is 1. The summed E-state index contributed by atoms with van der Waals surface area (Å²) in [5.74, 6) is -9.40. The van der Waals surface area contributed by atoms with Crippen LogP contribution in [-0.4, -0.2) is 151 Å². The van der Waals surface area contributed by atoms with Gasteiger partial charge in [-0.15, -0.1) is 0 Å². The van der Waals surface area contributed by atoms with Crippen LogP contribution in [0.15, 0.2) is 69.5 Å². The number of pyridine rings is 1. The summed E-state index contributed by atoms with van der Waals surface area (Å²) >= 11 is 0. The van der Waals surface area contributed by atoms with Gasteiger partial charge in [-0.2, -0.15) is 5.10 Å². The first-order chi connectivity index (χ1) is 36.4. The predicted molar refractivity (Wildman–Crippen MR) is 280 cm³/mol. The molecule has 0 unspecified atom stereocenters. The molecule has 5 heterocycles. The standard InChI is InChI=1S/C53H63FN8O15/c1-23-9-8-10-24(2)51(70)58-41-30(21-57-61-16-14-60(15-17-61)34-20-33-29(19-32(34)54)44(66)31(52(71)72)22-62(33)28-11-12-28)45(67)36-37(46(41)68)43(65)26(4)48-38(36)50(59-73)53(6,77-48)75-18-13-35(74-7)25(3)49(76-27(5)63)40(56)47(69)39(55)42(23)64/h8-10,13,18-23,25,28,35,39-40,42,47,49,64-65,67-69,73H,11-12,14-17,55-56H2,1-7H3,(H,58,70)(H,71,72)/b9-8+,18-13?,24-10-,57-21+,59-50-/t23-,25+,35-,39+,40+,42-,47+,49+,53-/m0/s1. The number of aromatic nitrogens is 1. The molecule has 1 saturated carbocycles. The van der Waals surface area contributed by atoms with Gasteiger partial charge >= 0.3 is 11.9 Å². The Morgan fingerprint density at radius 1 is 0.974 bits per heavy atom. The molecular formula is C53H63FN8O15. The number of halogens is 1. The number of allylic oxidation sites excluding steroid dienone is 2. The second kappa shape index (κ2) is 21.7. The fraction of sp³-hybridized carbons (Fsp3) is 0.434. The molecule has 23 nitrogen and oxygen atoms in total. The number of nitrogens with zero attached hydrogens (tertiary/aromatic N) is 5. The number of phenolic OH excluding ortho intramolecular Hbond substituents is 3. The molecule has 9 rings (SSSR count). The van der Waals surface area contributed by atoms with E-state index in [4.69, 9.17) is 30.4 Å². The fourth-order valence-corrected chi connectivity index (χ4v) is 10.1. The molecule has 1 aromatic heterocycles. The van der Waals surface area contributed by atoms with Gasteiger partial charge in [-0.05, 0) is 44.9 Å². The number of amides is 1. The van der Waals surface area contributed by atoms with E-state index < -0.39 is 112 Å². The number of aliphatic hydroxyl groups excluding tert-OH is 2. The number of aromatic hydroxyl groups is 3. The van der Waals surface area contributed by atoms with Crippen LogP contribution in [0.1, 0.15) is 80.6 Å². The summed E-state index contributed by atoms with van der Waals surface area (Å²) < 4.78 is 41.3. The van der Waals surface area contributed by atoms with Gasteiger partial charge in [0.1, 0.15) is 34.7 Å². The zero-order valence-corrected chi connectivity index (χ0v) is 43.3. The predicted octanol–water partition coefficient (Wildman–Crippen LogP) is 3.78. The van der Waals surface area contributed by atoms with Gasteiger partial charge in [-0.3, -0.25) is 19.4 Å². The molecule has 1 amide bonds. The average molecular weight is 1070 g/mol. The van der Waals surface area contributed by atoms with E-state index in [-0.39, 0.29) is 87.8 Å². The molecule has 5 aliphatic rings. The number of methoxy groups -OCH3 is 1. The van der Waals surface area contributed by atoms with E-state index in [0.29, 0.717) is 5.52 Å². The average Bonchev–Trinajstić information content (AvgIpc) is 4.42. The molecule has 77 heavy (non-hydrogen) atoms. The number of phenols is 3. The van der Waals surface area contributed by atoms with Crippen molar-refractivity contribution < 1.29 is 73.6 Å². The lowest BCUT2D eigenvalue weighted by Crippen LogP contribution is -2.60. The number of rotatable bonds is 7. The van der Waals surface area contributed by atoms with Crippen molar-refractivity contribution in [3.8, 4) is 23.0 Å². The number of hydrogen-bond donors (Lipinski definition) is 10. The number of hydrazone groups is 1. The van der Waals surface area contributed by atoms with Crippen LogP contribution in [0.4, 0.5) is 15.8 Å². The first kappa shape index (κ1) is 55.5. The van der Waals surface area contributed by atoms with E-state index in [2.05, 4.69) is 15.6 Å². The Morgan fingerprint density at radius 2 is 1.66 bits per heavy atom. The van der Waals surface area contributed by atoms with Crippen LogP contribution in [-0.2, 0) is 23.8 Å². The number of fused-ring (bicyclic) bond motifs is 15. The number of ether oxygens (including phenoxy) is 4. The zero-order valence-electron chi connectivity index (χ0n) is 43.3. The highest BCUT2D eigenvalue weighted by atomic mass is 19.1. The van der Waals surface area contributed by atoms with E-state index in [1.54, 1.807) is 34.4 Å². The Bertz CT molecular complexity index is 3260. The lowest BCUT2D eigenvalue weighted by atomic mass is 9.84. The van der Waals surface area contributed by atoms with E-state index in [9.17, 15) is 55.0 Å². The number of carbonyl (C=O) groups is 3. The summed E-state index contributed by atoms with van der Waals surface area (Å²) in [4.78, 5) is 53.2. The van der Waals surface area contributed by atoms with Crippen molar-refractivity contribution in [3.63, 3.8) is 0 Å². The lowest BCUT2D eigenvalue weighted by Gasteiger charge is -2.37. The van der Waals surface area contributed by atoms with Gasteiger partial charge in [0.05, 0.1) is 89.4 Å². The summed E-state index contributed by atoms with van der Waals surface area (Å²) in [6, 6.07) is -0.164. The number of aliphatic hydroxyl groups is 2. The van der Waals surface area contributed by atoms with Crippen molar-refractivity contribution in [1.82, 2.24) is 9.58 Å². The van der Waals surface area contributed by atoms with Crippen LogP contribution in [0.3, 0.4) is 0 Å². The number of carboxylic acid groups (broad SMARTS) is 1. The van der Waals surface area contributed by atoms with Crippen LogP contribution in [0.5, 0.6) is 23.0 Å². The van der Waals surface area contributed by atoms with Gasteiger partial charge in [0.15, 0.2) is 11.5 Å². The van der Waals surface area contributed by atoms with E-state index in [1.807, 2.05) is 0 Å². The number of benzene rings is 3. The molecule has 3 aromatic carbocycles. The maximum absolute atomic E-state index is 15.9. The maximum atomic E-state index is 15.9. The van der Waals surface area contributed by atoms with Crippen molar-refractivity contribution in [1.29, 1.82) is 0 Å². The van der Waals surface area contributed by atoms with Gasteiger partial charge < -0.3 is 81.0 Å². The minimum absolute atomic E-state index is 0.00122. The number of anilines is 2. The molecule has 9 atom stereocenters. The highest BCUT2D eigenvalue weighted by Crippen LogP contribution is 2.55. The molecule has 4 aromatic rings. The van der Waals surface area contributed by atoms with Crippen molar-refractivity contribution in [2.75, 3.05) is 43.5 Å². The molecule has 4 aliphatic heterocycles. The quantitative estimate of drug-likeness (QED) is 0.0314. The van der Waals surface area contributed by atoms with E-state index in [0.717, 1.165) is 32.1 Å². The molecule has 0 spiro atoms. The Labute approximate surface area is 440 Å². The van der Waals surface area contributed by atoms with Crippen LogP contribution < -0.4 is 31.8 Å². The fourth-order valence-electron chi connectivity index (χ4n) is 10.1. The lowest BCUT2D eigenvalue weighted by molar-refractivity contribution is -0.155. The molecule has 12 N–H and O–H groups in total. The molecule has 0 radical (unpaired) electrons. The number of carbonyl (C=O) groups excluding carboxylic acids is 2. The number of carboxylic acids is 1. The van der Waals surface area contributed by atoms with Crippen LogP contribution in [0.2, 0.25) is 0 Å². The molecule has 24 heteroatoms. The molecule has 412 valence electrons. The monoisotopic (exact) mass is 1070 g/mol. The van der Waals surface area contributed by atoms with Crippen molar-refractivity contribution in [3.05, 3.63) is 92.8 Å². The molecular weight excluding hydrogens is 1010 g/mol. The third-order valence-corrected chi connectivity index (χ3v) is 14.8. The number of piperazine rings is 1. The highest BCUT2D eigenvalue weighted by molar-refractivity contribution is 6.25. The van der Waals surface area contributed by atoms with Gasteiger partial charge in [-0.1, -0.05) is 37.2 Å². The van der Waals surface area contributed by atoms with Gasteiger partial charge in [0.2, 0.25) is 5.43 Å². The highest BCUT2D eigenvalue weighted by Gasteiger charge is 2.49. The minimum Gasteiger partial charge on any atom is -0.507 e. The Morgan fingerprint density at radius 3 is 2.29 bits per heavy atom. The van der Waals surface area contributed by atoms with Crippen LogP contribution >= 0.6 is 0 Å². The first-order valence-corrected chi connectivity index (χ1v) is 24.9. The largest absolute Gasteiger partial charge is 0.507 e. The van der Waals surface area contributed by atoms with Crippen LogP contribution in [0, 0.1) is 24.6 Å². The number of nitrogens with two attached hydrogens (primary N) is 2.